The van der Waals surface area contributed by atoms with Crippen LogP contribution in [0.1, 0.15) is 21.9 Å². The van der Waals surface area contributed by atoms with Crippen molar-refractivity contribution in [3.8, 4) is 0 Å². The molecule has 0 aliphatic rings. The van der Waals surface area contributed by atoms with Crippen LogP contribution < -0.4 is 10.6 Å². The molecule has 0 spiro atoms. The average molecular weight is 372 g/mol. The molecule has 1 heterocycles. The van der Waals surface area contributed by atoms with Crippen molar-refractivity contribution in [2.75, 3.05) is 10.6 Å². The molecule has 3 aromatic rings. The van der Waals surface area contributed by atoms with E-state index in [1.807, 2.05) is 0 Å². The van der Waals surface area contributed by atoms with Crippen LogP contribution in [0, 0.1) is 24.4 Å². The van der Waals surface area contributed by atoms with E-state index in [9.17, 15) is 18.0 Å². The second kappa shape index (κ2) is 7.86. The Morgan fingerprint density at radius 3 is 2.33 bits per heavy atom. The Labute approximate surface area is 153 Å². The van der Waals surface area contributed by atoms with E-state index in [0.717, 1.165) is 17.7 Å². The Morgan fingerprint density at radius 2 is 1.67 bits per heavy atom. The molecule has 138 valence electrons. The van der Waals surface area contributed by atoms with E-state index < -0.39 is 23.2 Å². The topological polar surface area (TPSA) is 66.9 Å². The van der Waals surface area contributed by atoms with E-state index >= 15 is 0 Å². The van der Waals surface area contributed by atoms with Crippen LogP contribution in [0.2, 0.25) is 0 Å². The summed E-state index contributed by atoms with van der Waals surface area (Å²) >= 11 is 0. The number of rotatable bonds is 5. The van der Waals surface area contributed by atoms with Crippen LogP contribution in [0.3, 0.4) is 0 Å². The van der Waals surface area contributed by atoms with Crippen LogP contribution in [-0.2, 0) is 6.54 Å². The van der Waals surface area contributed by atoms with Gasteiger partial charge in [0.15, 0.2) is 0 Å². The Morgan fingerprint density at radius 1 is 1.00 bits per heavy atom. The molecular formula is C19H15F3N4O. The lowest BCUT2D eigenvalue weighted by Crippen LogP contribution is -2.17. The van der Waals surface area contributed by atoms with E-state index in [4.69, 9.17) is 0 Å². The molecule has 0 aliphatic carbocycles. The van der Waals surface area contributed by atoms with Crippen LogP contribution in [0.5, 0.6) is 0 Å². The molecule has 1 amide bonds. The van der Waals surface area contributed by atoms with Gasteiger partial charge < -0.3 is 10.6 Å². The lowest BCUT2D eigenvalue weighted by Gasteiger charge is -2.10. The summed E-state index contributed by atoms with van der Waals surface area (Å²) in [6, 6.07) is 10.6. The molecule has 2 aromatic carbocycles. The third-order valence-corrected chi connectivity index (χ3v) is 3.66. The van der Waals surface area contributed by atoms with Crippen molar-refractivity contribution in [2.45, 2.75) is 13.5 Å². The standard InChI is InChI=1S/C19H15F3N4O/c1-11-24-16(19(27)26-18-14(21)3-2-4-15(18)22)9-17(25-11)23-10-12-5-7-13(20)8-6-12/h2-9H,10H2,1H3,(H,26,27)(H,23,24,25). The summed E-state index contributed by atoms with van der Waals surface area (Å²) in [5.74, 6) is -2.22. The molecule has 0 fully saturated rings. The fourth-order valence-corrected chi connectivity index (χ4v) is 2.36. The number of hydrogen-bond acceptors (Lipinski definition) is 4. The minimum Gasteiger partial charge on any atom is -0.366 e. The molecule has 2 N–H and O–H groups in total. The van der Waals surface area contributed by atoms with Gasteiger partial charge in [-0.05, 0) is 36.8 Å². The van der Waals surface area contributed by atoms with E-state index in [1.54, 1.807) is 19.1 Å². The summed E-state index contributed by atoms with van der Waals surface area (Å²) in [6.45, 7) is 1.93. The number of hydrogen-bond donors (Lipinski definition) is 2. The van der Waals surface area contributed by atoms with E-state index in [2.05, 4.69) is 20.6 Å². The van der Waals surface area contributed by atoms with Crippen molar-refractivity contribution < 1.29 is 18.0 Å². The zero-order chi connectivity index (χ0) is 19.4. The van der Waals surface area contributed by atoms with Gasteiger partial charge in [0.2, 0.25) is 0 Å². The van der Waals surface area contributed by atoms with Gasteiger partial charge in [0, 0.05) is 12.6 Å². The van der Waals surface area contributed by atoms with Gasteiger partial charge in [-0.15, -0.1) is 0 Å². The molecule has 3 rings (SSSR count). The number of nitrogens with zero attached hydrogens (tertiary/aromatic N) is 2. The summed E-state index contributed by atoms with van der Waals surface area (Å²) in [6.07, 6.45) is 0. The fraction of sp³-hybridized carbons (Fsp3) is 0.105. The maximum absolute atomic E-state index is 13.7. The first-order valence-electron chi connectivity index (χ1n) is 8.02. The predicted molar refractivity (Wildman–Crippen MR) is 94.8 cm³/mol. The summed E-state index contributed by atoms with van der Waals surface area (Å²) < 4.78 is 40.3. The normalized spacial score (nSPS) is 10.5. The largest absolute Gasteiger partial charge is 0.366 e. The first kappa shape index (κ1) is 18.4. The zero-order valence-electron chi connectivity index (χ0n) is 14.3. The highest BCUT2D eigenvalue weighted by Gasteiger charge is 2.16. The molecular weight excluding hydrogens is 357 g/mol. The van der Waals surface area contributed by atoms with Gasteiger partial charge in [0.25, 0.3) is 5.91 Å². The Bertz CT molecular complexity index is 957. The molecule has 0 bridgehead atoms. The second-order valence-corrected chi connectivity index (χ2v) is 5.72. The highest BCUT2D eigenvalue weighted by Crippen LogP contribution is 2.19. The molecule has 1 aromatic heterocycles. The van der Waals surface area contributed by atoms with Gasteiger partial charge in [0.05, 0.1) is 0 Å². The monoisotopic (exact) mass is 372 g/mol. The number of amides is 1. The van der Waals surface area contributed by atoms with Crippen molar-refractivity contribution in [2.24, 2.45) is 0 Å². The Hall–Kier alpha value is -3.42. The molecule has 0 radical (unpaired) electrons. The summed E-state index contributed by atoms with van der Waals surface area (Å²) in [5.41, 5.74) is 0.221. The van der Waals surface area contributed by atoms with Gasteiger partial charge in [0.1, 0.15) is 40.5 Å². The van der Waals surface area contributed by atoms with Crippen molar-refractivity contribution in [1.29, 1.82) is 0 Å². The maximum atomic E-state index is 13.7. The molecule has 0 unspecified atom stereocenters. The number of carbonyl (C=O) groups is 1. The lowest BCUT2D eigenvalue weighted by atomic mass is 10.2. The van der Waals surface area contributed by atoms with Crippen molar-refractivity contribution >= 4 is 17.4 Å². The summed E-state index contributed by atoms with van der Waals surface area (Å²) in [4.78, 5) is 20.5. The van der Waals surface area contributed by atoms with E-state index in [0.29, 0.717) is 18.2 Å². The minimum absolute atomic E-state index is 0.0493. The number of aromatic nitrogens is 2. The lowest BCUT2D eigenvalue weighted by molar-refractivity contribution is 0.102. The second-order valence-electron chi connectivity index (χ2n) is 5.72. The number of carbonyl (C=O) groups excluding carboxylic acids is 1. The molecule has 0 saturated carbocycles. The maximum Gasteiger partial charge on any atom is 0.274 e. The van der Waals surface area contributed by atoms with Crippen LogP contribution in [0.4, 0.5) is 24.7 Å². The van der Waals surface area contributed by atoms with E-state index in [-0.39, 0.29) is 11.5 Å². The van der Waals surface area contributed by atoms with Crippen LogP contribution in [0.15, 0.2) is 48.5 Å². The number of nitrogens with one attached hydrogen (secondary N) is 2. The Kier molecular flexibility index (Phi) is 5.35. The number of aryl methyl sites for hydroxylation is 1. The third-order valence-electron chi connectivity index (χ3n) is 3.66. The van der Waals surface area contributed by atoms with Gasteiger partial charge in [-0.25, -0.2) is 23.1 Å². The SMILES string of the molecule is Cc1nc(NCc2ccc(F)cc2)cc(C(=O)Nc2c(F)cccc2F)n1. The zero-order valence-corrected chi connectivity index (χ0v) is 14.3. The van der Waals surface area contributed by atoms with Gasteiger partial charge >= 0.3 is 0 Å². The van der Waals surface area contributed by atoms with E-state index in [1.165, 1.54) is 24.3 Å². The van der Waals surface area contributed by atoms with Crippen molar-refractivity contribution in [3.63, 3.8) is 0 Å². The summed E-state index contributed by atoms with van der Waals surface area (Å²) in [7, 11) is 0. The molecule has 27 heavy (non-hydrogen) atoms. The molecule has 0 atom stereocenters. The molecule has 8 heteroatoms. The number of halogens is 3. The van der Waals surface area contributed by atoms with Crippen molar-refractivity contribution in [1.82, 2.24) is 9.97 Å². The predicted octanol–water partition coefficient (Wildman–Crippen LogP) is 4.07. The minimum atomic E-state index is -0.885. The van der Waals surface area contributed by atoms with Gasteiger partial charge in [-0.3, -0.25) is 4.79 Å². The molecule has 0 saturated heterocycles. The first-order valence-corrected chi connectivity index (χ1v) is 8.02. The third kappa shape index (κ3) is 4.60. The Balaban J connectivity index is 1.76. The smallest absolute Gasteiger partial charge is 0.274 e. The van der Waals surface area contributed by atoms with Gasteiger partial charge in [-0.1, -0.05) is 18.2 Å². The van der Waals surface area contributed by atoms with Gasteiger partial charge in [-0.2, -0.15) is 0 Å². The van der Waals surface area contributed by atoms with Crippen LogP contribution in [0.25, 0.3) is 0 Å². The first-order chi connectivity index (χ1) is 12.9. The molecule has 5 nitrogen and oxygen atoms in total. The number of para-hydroxylation sites is 1. The number of benzene rings is 2. The highest BCUT2D eigenvalue weighted by molar-refractivity contribution is 6.03. The quantitative estimate of drug-likeness (QED) is 0.709. The molecule has 0 aliphatic heterocycles. The average Bonchev–Trinajstić information content (AvgIpc) is 2.64. The number of anilines is 2. The van der Waals surface area contributed by atoms with Crippen molar-refractivity contribution in [3.05, 3.63) is 83.1 Å². The van der Waals surface area contributed by atoms with Crippen LogP contribution in [-0.4, -0.2) is 15.9 Å². The van der Waals surface area contributed by atoms with Crippen LogP contribution >= 0.6 is 0 Å². The highest BCUT2D eigenvalue weighted by atomic mass is 19.1. The fourth-order valence-electron chi connectivity index (χ4n) is 2.36. The summed E-state index contributed by atoms with van der Waals surface area (Å²) in [5, 5.41) is 5.18.